The van der Waals surface area contributed by atoms with Gasteiger partial charge in [0.2, 0.25) is 0 Å². The normalized spacial score (nSPS) is 22.5. The van der Waals surface area contributed by atoms with E-state index in [-0.39, 0.29) is 6.61 Å². The lowest BCUT2D eigenvalue weighted by atomic mass is 10.1. The Kier molecular flexibility index (Phi) is 4.29. The summed E-state index contributed by atoms with van der Waals surface area (Å²) in [5.74, 6) is 0. The highest BCUT2D eigenvalue weighted by atomic mass is 32.1. The molecule has 1 aliphatic heterocycles. The van der Waals surface area contributed by atoms with Crippen LogP contribution in [-0.4, -0.2) is 47.3 Å². The van der Waals surface area contributed by atoms with Crippen LogP contribution in [0.3, 0.4) is 0 Å². The van der Waals surface area contributed by atoms with E-state index in [0.717, 1.165) is 38.3 Å². The van der Waals surface area contributed by atoms with Crippen LogP contribution in [0.1, 0.15) is 17.1 Å². The van der Waals surface area contributed by atoms with Crippen LogP contribution in [0.25, 0.3) is 0 Å². The summed E-state index contributed by atoms with van der Waals surface area (Å²) in [5, 5.41) is 15.6. The van der Waals surface area contributed by atoms with Gasteiger partial charge in [0.15, 0.2) is 0 Å². The number of thiazole rings is 1. The SMILES string of the molecule is Cc1csc(CN2CCNC(CCO)C2)n1. The molecule has 90 valence electrons. The van der Waals surface area contributed by atoms with E-state index in [9.17, 15) is 0 Å². The molecule has 0 radical (unpaired) electrons. The molecule has 0 bridgehead atoms. The van der Waals surface area contributed by atoms with E-state index in [4.69, 9.17) is 5.11 Å². The number of nitrogens with zero attached hydrogens (tertiary/aromatic N) is 2. The Bertz CT molecular complexity index is 327. The first-order valence-electron chi connectivity index (χ1n) is 5.75. The summed E-state index contributed by atoms with van der Waals surface area (Å²) >= 11 is 1.74. The quantitative estimate of drug-likeness (QED) is 0.811. The van der Waals surface area contributed by atoms with Gasteiger partial charge in [-0.1, -0.05) is 0 Å². The van der Waals surface area contributed by atoms with Crippen molar-refractivity contribution in [3.63, 3.8) is 0 Å². The number of aromatic nitrogens is 1. The van der Waals surface area contributed by atoms with Gasteiger partial charge in [-0.25, -0.2) is 4.98 Å². The Morgan fingerprint density at radius 1 is 1.69 bits per heavy atom. The number of hydrogen-bond donors (Lipinski definition) is 2. The van der Waals surface area contributed by atoms with Gasteiger partial charge in [0.05, 0.1) is 6.54 Å². The van der Waals surface area contributed by atoms with E-state index < -0.39 is 0 Å². The zero-order chi connectivity index (χ0) is 11.4. The molecule has 0 spiro atoms. The molecule has 0 aromatic carbocycles. The van der Waals surface area contributed by atoms with Crippen molar-refractivity contribution >= 4 is 11.3 Å². The van der Waals surface area contributed by atoms with Crippen molar-refractivity contribution in [2.45, 2.75) is 25.9 Å². The highest BCUT2D eigenvalue weighted by Crippen LogP contribution is 2.13. The fraction of sp³-hybridized carbons (Fsp3) is 0.727. The largest absolute Gasteiger partial charge is 0.396 e. The summed E-state index contributed by atoms with van der Waals surface area (Å²) in [6.45, 7) is 6.34. The van der Waals surface area contributed by atoms with E-state index >= 15 is 0 Å². The molecule has 1 aliphatic rings. The number of aliphatic hydroxyl groups is 1. The molecule has 1 atom stereocenters. The van der Waals surface area contributed by atoms with Gasteiger partial charge < -0.3 is 10.4 Å². The molecule has 1 fully saturated rings. The Balaban J connectivity index is 1.85. The lowest BCUT2D eigenvalue weighted by molar-refractivity contribution is 0.167. The zero-order valence-electron chi connectivity index (χ0n) is 9.65. The summed E-state index contributed by atoms with van der Waals surface area (Å²) in [5.41, 5.74) is 1.11. The van der Waals surface area contributed by atoms with Crippen molar-refractivity contribution in [1.82, 2.24) is 15.2 Å². The van der Waals surface area contributed by atoms with Crippen molar-refractivity contribution < 1.29 is 5.11 Å². The Labute approximate surface area is 100 Å². The van der Waals surface area contributed by atoms with Crippen molar-refractivity contribution in [3.8, 4) is 0 Å². The fourth-order valence-corrected chi connectivity index (χ4v) is 2.87. The Morgan fingerprint density at radius 2 is 2.56 bits per heavy atom. The summed E-state index contributed by atoms with van der Waals surface area (Å²) in [6.07, 6.45) is 0.841. The third-order valence-corrected chi connectivity index (χ3v) is 3.79. The number of hydrogen-bond acceptors (Lipinski definition) is 5. The van der Waals surface area contributed by atoms with Gasteiger partial charge in [-0.3, -0.25) is 4.90 Å². The molecular formula is C11H19N3OS. The van der Waals surface area contributed by atoms with Crippen LogP contribution < -0.4 is 5.32 Å². The van der Waals surface area contributed by atoms with Crippen LogP contribution in [0.15, 0.2) is 5.38 Å². The first-order chi connectivity index (χ1) is 7.78. The molecule has 5 heteroatoms. The predicted octanol–water partition coefficient (Wildman–Crippen LogP) is 0.608. The summed E-state index contributed by atoms with van der Waals surface area (Å²) in [7, 11) is 0. The number of aryl methyl sites for hydroxylation is 1. The van der Waals surface area contributed by atoms with Gasteiger partial charge >= 0.3 is 0 Å². The van der Waals surface area contributed by atoms with E-state index in [1.165, 1.54) is 5.01 Å². The van der Waals surface area contributed by atoms with E-state index in [0.29, 0.717) is 6.04 Å². The molecule has 4 nitrogen and oxygen atoms in total. The minimum atomic E-state index is 0.266. The summed E-state index contributed by atoms with van der Waals surface area (Å²) in [6, 6.07) is 0.430. The Hall–Kier alpha value is -0.490. The van der Waals surface area contributed by atoms with Crippen LogP contribution in [0, 0.1) is 6.92 Å². The van der Waals surface area contributed by atoms with Gasteiger partial charge in [-0.2, -0.15) is 0 Å². The number of rotatable bonds is 4. The van der Waals surface area contributed by atoms with Gasteiger partial charge in [-0.15, -0.1) is 11.3 Å². The second kappa shape index (κ2) is 5.72. The molecule has 2 N–H and O–H groups in total. The third kappa shape index (κ3) is 3.25. The molecule has 16 heavy (non-hydrogen) atoms. The zero-order valence-corrected chi connectivity index (χ0v) is 10.5. The lowest BCUT2D eigenvalue weighted by Gasteiger charge is -2.32. The third-order valence-electron chi connectivity index (χ3n) is 2.84. The molecule has 1 unspecified atom stereocenters. The van der Waals surface area contributed by atoms with Crippen molar-refractivity contribution in [2.75, 3.05) is 26.2 Å². The fourth-order valence-electron chi connectivity index (χ4n) is 2.05. The predicted molar refractivity (Wildman–Crippen MR) is 65.6 cm³/mol. The lowest BCUT2D eigenvalue weighted by Crippen LogP contribution is -2.50. The van der Waals surface area contributed by atoms with E-state index in [2.05, 4.69) is 20.6 Å². The highest BCUT2D eigenvalue weighted by Gasteiger charge is 2.19. The molecular weight excluding hydrogens is 222 g/mol. The smallest absolute Gasteiger partial charge is 0.107 e. The number of nitrogens with one attached hydrogen (secondary N) is 1. The minimum Gasteiger partial charge on any atom is -0.396 e. The van der Waals surface area contributed by atoms with Crippen LogP contribution in [0.5, 0.6) is 0 Å². The van der Waals surface area contributed by atoms with E-state index in [1.807, 2.05) is 6.92 Å². The average Bonchev–Trinajstić information content (AvgIpc) is 2.65. The van der Waals surface area contributed by atoms with Crippen LogP contribution >= 0.6 is 11.3 Å². The maximum atomic E-state index is 8.93. The van der Waals surface area contributed by atoms with Gasteiger partial charge in [0, 0.05) is 43.4 Å². The molecule has 1 aromatic heterocycles. The molecule has 1 aromatic rings. The molecule has 0 amide bonds. The number of aliphatic hydroxyl groups excluding tert-OH is 1. The highest BCUT2D eigenvalue weighted by molar-refractivity contribution is 7.09. The molecule has 2 heterocycles. The topological polar surface area (TPSA) is 48.4 Å². The maximum Gasteiger partial charge on any atom is 0.107 e. The van der Waals surface area contributed by atoms with Crippen LogP contribution in [0.4, 0.5) is 0 Å². The van der Waals surface area contributed by atoms with Crippen molar-refractivity contribution in [3.05, 3.63) is 16.1 Å². The maximum absolute atomic E-state index is 8.93. The molecule has 0 saturated carbocycles. The second-order valence-electron chi connectivity index (χ2n) is 4.28. The second-order valence-corrected chi connectivity index (χ2v) is 5.22. The van der Waals surface area contributed by atoms with Crippen molar-refractivity contribution in [2.24, 2.45) is 0 Å². The summed E-state index contributed by atoms with van der Waals surface area (Å²) < 4.78 is 0. The van der Waals surface area contributed by atoms with Crippen LogP contribution in [0.2, 0.25) is 0 Å². The first-order valence-corrected chi connectivity index (χ1v) is 6.63. The van der Waals surface area contributed by atoms with Gasteiger partial charge in [0.25, 0.3) is 0 Å². The van der Waals surface area contributed by atoms with Gasteiger partial charge in [-0.05, 0) is 13.3 Å². The van der Waals surface area contributed by atoms with Gasteiger partial charge in [0.1, 0.15) is 5.01 Å². The standard InChI is InChI=1S/C11H19N3OS/c1-9-8-16-11(13-9)7-14-4-3-12-10(6-14)2-5-15/h8,10,12,15H,2-7H2,1H3. The monoisotopic (exact) mass is 241 g/mol. The van der Waals surface area contributed by atoms with Crippen LogP contribution in [-0.2, 0) is 6.54 Å². The number of piperazine rings is 1. The molecule has 0 aliphatic carbocycles. The molecule has 1 saturated heterocycles. The first kappa shape index (κ1) is 12.0. The van der Waals surface area contributed by atoms with E-state index in [1.54, 1.807) is 11.3 Å². The Morgan fingerprint density at radius 3 is 3.25 bits per heavy atom. The average molecular weight is 241 g/mol. The molecule has 2 rings (SSSR count). The minimum absolute atomic E-state index is 0.266. The van der Waals surface area contributed by atoms with Crippen molar-refractivity contribution in [1.29, 1.82) is 0 Å². The summed E-state index contributed by atoms with van der Waals surface area (Å²) in [4.78, 5) is 6.89.